The Bertz CT molecular complexity index is 491. The van der Waals surface area contributed by atoms with Crippen LogP contribution in [0.1, 0.15) is 25.5 Å². The number of rotatable bonds is 6. The van der Waals surface area contributed by atoms with E-state index in [1.165, 1.54) is 10.1 Å². The first-order valence-electron chi connectivity index (χ1n) is 6.22. The van der Waals surface area contributed by atoms with Crippen LogP contribution in [0.2, 0.25) is 0 Å². The second-order valence-corrected chi connectivity index (χ2v) is 4.91. The summed E-state index contributed by atoms with van der Waals surface area (Å²) in [7, 11) is 0. The van der Waals surface area contributed by atoms with Gasteiger partial charge in [0.15, 0.2) is 6.29 Å². The Hall–Kier alpha value is -0.940. The number of ether oxygens (including phenoxy) is 2. The van der Waals surface area contributed by atoms with Gasteiger partial charge in [0.25, 0.3) is 0 Å². The van der Waals surface area contributed by atoms with E-state index in [0.717, 1.165) is 5.56 Å². The van der Waals surface area contributed by atoms with E-state index in [1.807, 2.05) is 19.9 Å². The second kappa shape index (κ2) is 6.29. The molecule has 0 aliphatic rings. The topological polar surface area (TPSA) is 44.5 Å². The summed E-state index contributed by atoms with van der Waals surface area (Å²) in [6, 6.07) is 8.02. The summed E-state index contributed by atoms with van der Waals surface area (Å²) in [5.74, 6) is 0. The van der Waals surface area contributed by atoms with Crippen molar-refractivity contribution in [3.8, 4) is 0 Å². The average Bonchev–Trinajstić information content (AvgIpc) is 2.85. The number of hydrogen-bond acceptors (Lipinski definition) is 4. The Balaban J connectivity index is 2.30. The van der Waals surface area contributed by atoms with Crippen molar-refractivity contribution in [2.45, 2.75) is 26.2 Å². The molecule has 98 valence electrons. The zero-order valence-electron chi connectivity index (χ0n) is 10.8. The Labute approximate surface area is 112 Å². The predicted molar refractivity (Wildman–Crippen MR) is 75.8 cm³/mol. The van der Waals surface area contributed by atoms with Crippen LogP contribution in [-0.4, -0.2) is 19.5 Å². The monoisotopic (exact) mass is 265 g/mol. The summed E-state index contributed by atoms with van der Waals surface area (Å²) in [6.45, 7) is 5.09. The lowest BCUT2D eigenvalue weighted by Gasteiger charge is -2.24. The first-order valence-corrected chi connectivity index (χ1v) is 7.10. The largest absolute Gasteiger partial charge is 0.351 e. The van der Waals surface area contributed by atoms with Crippen molar-refractivity contribution in [3.63, 3.8) is 0 Å². The zero-order valence-corrected chi connectivity index (χ0v) is 11.6. The fraction of sp³-hybridized carbons (Fsp3) is 0.429. The summed E-state index contributed by atoms with van der Waals surface area (Å²) in [6.07, 6.45) is -0.382. The number of nitrogens with two attached hydrogens (primary N) is 1. The number of thiophene rings is 1. The minimum absolute atomic E-state index is 0.257. The normalized spacial score (nSPS) is 13.3. The van der Waals surface area contributed by atoms with Gasteiger partial charge < -0.3 is 15.2 Å². The van der Waals surface area contributed by atoms with E-state index in [1.54, 1.807) is 11.3 Å². The van der Waals surface area contributed by atoms with Crippen molar-refractivity contribution in [3.05, 3.63) is 35.2 Å². The summed E-state index contributed by atoms with van der Waals surface area (Å²) >= 11 is 1.70. The van der Waals surface area contributed by atoms with Crippen LogP contribution in [0.4, 0.5) is 0 Å². The SMILES string of the molecule is CCOC(OCC)C(N)c1cccc2ccsc12. The van der Waals surface area contributed by atoms with Crippen LogP contribution in [0, 0.1) is 0 Å². The molecule has 1 aromatic carbocycles. The minimum atomic E-state index is -0.382. The standard InChI is InChI=1S/C14H19NO2S/c1-3-16-14(17-4-2)12(15)11-7-5-6-10-8-9-18-13(10)11/h5-9,12,14H,3-4,15H2,1-2H3. The Morgan fingerprint density at radius 2 is 1.89 bits per heavy atom. The quantitative estimate of drug-likeness (QED) is 0.815. The lowest BCUT2D eigenvalue weighted by atomic mass is 10.1. The van der Waals surface area contributed by atoms with E-state index < -0.39 is 0 Å². The molecule has 1 atom stereocenters. The molecule has 0 bridgehead atoms. The molecule has 2 N–H and O–H groups in total. The number of fused-ring (bicyclic) bond motifs is 1. The van der Waals surface area contributed by atoms with Crippen LogP contribution in [0.15, 0.2) is 29.6 Å². The molecular weight excluding hydrogens is 246 g/mol. The molecular formula is C14H19NO2S. The van der Waals surface area contributed by atoms with Gasteiger partial charge in [0.1, 0.15) is 0 Å². The maximum atomic E-state index is 6.29. The van der Waals surface area contributed by atoms with E-state index >= 15 is 0 Å². The molecule has 2 rings (SSSR count). The molecule has 0 aliphatic heterocycles. The average molecular weight is 265 g/mol. The van der Waals surface area contributed by atoms with Gasteiger partial charge in [-0.25, -0.2) is 0 Å². The molecule has 0 spiro atoms. The van der Waals surface area contributed by atoms with Crippen molar-refractivity contribution in [2.24, 2.45) is 5.73 Å². The maximum absolute atomic E-state index is 6.29. The van der Waals surface area contributed by atoms with E-state index in [9.17, 15) is 0 Å². The maximum Gasteiger partial charge on any atom is 0.176 e. The minimum Gasteiger partial charge on any atom is -0.351 e. The highest BCUT2D eigenvalue weighted by molar-refractivity contribution is 7.17. The van der Waals surface area contributed by atoms with E-state index in [-0.39, 0.29) is 12.3 Å². The molecule has 0 amide bonds. The van der Waals surface area contributed by atoms with Crippen LogP contribution >= 0.6 is 11.3 Å². The molecule has 0 aliphatic carbocycles. The first kappa shape index (κ1) is 13.5. The van der Waals surface area contributed by atoms with Crippen molar-refractivity contribution < 1.29 is 9.47 Å². The molecule has 2 aromatic rings. The summed E-state index contributed by atoms with van der Waals surface area (Å²) < 4.78 is 12.4. The fourth-order valence-electron chi connectivity index (χ4n) is 2.01. The van der Waals surface area contributed by atoms with Crippen molar-refractivity contribution >= 4 is 21.4 Å². The third-order valence-electron chi connectivity index (χ3n) is 2.82. The number of hydrogen-bond donors (Lipinski definition) is 1. The van der Waals surface area contributed by atoms with E-state index in [4.69, 9.17) is 15.2 Å². The lowest BCUT2D eigenvalue weighted by molar-refractivity contribution is -0.149. The molecule has 0 saturated carbocycles. The van der Waals surface area contributed by atoms with Gasteiger partial charge in [-0.1, -0.05) is 18.2 Å². The van der Waals surface area contributed by atoms with Crippen LogP contribution in [0.3, 0.4) is 0 Å². The highest BCUT2D eigenvalue weighted by Gasteiger charge is 2.22. The molecule has 1 unspecified atom stereocenters. The summed E-state index contributed by atoms with van der Waals surface area (Å²) in [5, 5.41) is 3.30. The van der Waals surface area contributed by atoms with E-state index in [0.29, 0.717) is 13.2 Å². The van der Waals surface area contributed by atoms with Gasteiger partial charge >= 0.3 is 0 Å². The molecule has 0 saturated heterocycles. The highest BCUT2D eigenvalue weighted by Crippen LogP contribution is 2.30. The van der Waals surface area contributed by atoms with Gasteiger partial charge in [-0.2, -0.15) is 0 Å². The third kappa shape index (κ3) is 2.72. The Morgan fingerprint density at radius 3 is 2.56 bits per heavy atom. The molecule has 3 nitrogen and oxygen atoms in total. The first-order chi connectivity index (χ1) is 8.77. The van der Waals surface area contributed by atoms with Crippen LogP contribution < -0.4 is 5.73 Å². The Morgan fingerprint density at radius 1 is 1.17 bits per heavy atom. The summed E-state index contributed by atoms with van der Waals surface area (Å²) in [5.41, 5.74) is 7.39. The fourth-order valence-corrected chi connectivity index (χ4v) is 2.97. The van der Waals surface area contributed by atoms with Crippen LogP contribution in [0.25, 0.3) is 10.1 Å². The molecule has 0 fully saturated rings. The van der Waals surface area contributed by atoms with Crippen LogP contribution in [-0.2, 0) is 9.47 Å². The third-order valence-corrected chi connectivity index (χ3v) is 3.80. The van der Waals surface area contributed by atoms with Gasteiger partial charge in [-0.3, -0.25) is 0 Å². The van der Waals surface area contributed by atoms with Gasteiger partial charge in [0, 0.05) is 17.9 Å². The zero-order chi connectivity index (χ0) is 13.0. The molecule has 4 heteroatoms. The van der Waals surface area contributed by atoms with Gasteiger partial charge in [-0.05, 0) is 36.2 Å². The van der Waals surface area contributed by atoms with Crippen molar-refractivity contribution in [1.82, 2.24) is 0 Å². The predicted octanol–water partition coefficient (Wildman–Crippen LogP) is 3.30. The molecule has 1 aromatic heterocycles. The van der Waals surface area contributed by atoms with Gasteiger partial charge in [-0.15, -0.1) is 11.3 Å². The highest BCUT2D eigenvalue weighted by atomic mass is 32.1. The van der Waals surface area contributed by atoms with Gasteiger partial charge in [0.2, 0.25) is 0 Å². The van der Waals surface area contributed by atoms with Crippen molar-refractivity contribution in [2.75, 3.05) is 13.2 Å². The second-order valence-electron chi connectivity index (χ2n) is 3.99. The lowest BCUT2D eigenvalue weighted by Crippen LogP contribution is -2.31. The number of benzene rings is 1. The van der Waals surface area contributed by atoms with Crippen molar-refractivity contribution in [1.29, 1.82) is 0 Å². The van der Waals surface area contributed by atoms with E-state index in [2.05, 4.69) is 23.6 Å². The smallest absolute Gasteiger partial charge is 0.176 e. The molecule has 18 heavy (non-hydrogen) atoms. The molecule has 0 radical (unpaired) electrons. The van der Waals surface area contributed by atoms with Crippen LogP contribution in [0.5, 0.6) is 0 Å². The molecule has 1 heterocycles. The van der Waals surface area contributed by atoms with Gasteiger partial charge in [0.05, 0.1) is 6.04 Å². The Kier molecular flexibility index (Phi) is 4.72. The summed E-state index contributed by atoms with van der Waals surface area (Å²) in [4.78, 5) is 0.